The molecule has 0 aliphatic heterocycles. The van der Waals surface area contributed by atoms with Crippen LogP contribution in [-0.2, 0) is 5.92 Å². The third kappa shape index (κ3) is 1.90. The smallest absolute Gasteiger partial charge is 0.270 e. The fourth-order valence-electron chi connectivity index (χ4n) is 0.515. The molecular formula is C8H9F2N. The highest BCUT2D eigenvalue weighted by atomic mass is 19.3. The fourth-order valence-corrected chi connectivity index (χ4v) is 0.515. The van der Waals surface area contributed by atoms with E-state index in [0.717, 1.165) is 0 Å². The van der Waals surface area contributed by atoms with Gasteiger partial charge in [0.25, 0.3) is 5.92 Å². The minimum atomic E-state index is -4.47. The van der Waals surface area contributed by atoms with Crippen molar-refractivity contribution in [2.75, 3.05) is 5.73 Å². The predicted octanol–water partition coefficient (Wildman–Crippen LogP) is 2.38. The monoisotopic (exact) mass is 164 g/mol. The van der Waals surface area contributed by atoms with E-state index < -0.39 is 48.2 Å². The van der Waals surface area contributed by atoms with Crippen molar-refractivity contribution in [3.05, 3.63) is 29.7 Å². The molecule has 0 fully saturated rings. The molecule has 11 heavy (non-hydrogen) atoms. The lowest BCUT2D eigenvalue weighted by molar-refractivity contribution is 0.0175. The van der Waals surface area contributed by atoms with Gasteiger partial charge >= 0.3 is 0 Å². The summed E-state index contributed by atoms with van der Waals surface area (Å²) in [7, 11) is 0. The minimum absolute atomic E-state index is 0.741. The van der Waals surface area contributed by atoms with Crippen molar-refractivity contribution in [1.29, 1.82) is 0 Å². The van der Waals surface area contributed by atoms with Crippen molar-refractivity contribution in [3.8, 4) is 0 Å². The highest BCUT2D eigenvalue weighted by Crippen LogP contribution is 2.27. The minimum Gasteiger partial charge on any atom is -0.399 e. The van der Waals surface area contributed by atoms with Gasteiger partial charge in [0, 0.05) is 22.2 Å². The van der Waals surface area contributed by atoms with Gasteiger partial charge < -0.3 is 5.73 Å². The van der Waals surface area contributed by atoms with Gasteiger partial charge in [0.05, 0.1) is 5.48 Å². The van der Waals surface area contributed by atoms with Gasteiger partial charge in [-0.05, 0) is 12.1 Å². The van der Waals surface area contributed by atoms with E-state index in [2.05, 4.69) is 0 Å². The summed E-state index contributed by atoms with van der Waals surface area (Å²) in [5, 5.41) is 0. The first-order valence-electron chi connectivity index (χ1n) is 6.17. The van der Waals surface area contributed by atoms with Crippen molar-refractivity contribution < 1.29 is 18.4 Å². The van der Waals surface area contributed by atoms with E-state index in [9.17, 15) is 8.78 Å². The van der Waals surface area contributed by atoms with Gasteiger partial charge in [-0.1, -0.05) is 12.1 Å². The molecule has 1 nitrogen and oxygen atoms in total. The first kappa shape index (κ1) is 2.73. The van der Waals surface area contributed by atoms with E-state index in [1.165, 1.54) is 0 Å². The Morgan fingerprint density at radius 1 is 1.64 bits per heavy atom. The number of halogens is 2. The Morgan fingerprint density at radius 3 is 3.00 bits per heavy atom. The zero-order valence-corrected chi connectivity index (χ0v) is 5.33. The molecule has 0 saturated heterocycles. The topological polar surface area (TPSA) is 26.0 Å². The van der Waals surface area contributed by atoms with Crippen LogP contribution in [-0.4, -0.2) is 0 Å². The number of nitrogens with two attached hydrogens (primary N) is 1. The molecule has 1 aromatic rings. The SMILES string of the molecule is [2H]c1c([2H])c(N)c([2H])c(C(F)(F)C([2H])([2H])[2H])c1[2H]. The van der Waals surface area contributed by atoms with Gasteiger partial charge in [0.1, 0.15) is 0 Å². The van der Waals surface area contributed by atoms with Crippen LogP contribution in [0.4, 0.5) is 14.5 Å². The maximum absolute atomic E-state index is 13.7. The zero-order chi connectivity index (χ0) is 14.5. The molecule has 1 aromatic carbocycles. The maximum atomic E-state index is 13.7. The number of benzene rings is 1. The van der Waals surface area contributed by atoms with Gasteiger partial charge in [-0.2, -0.15) is 0 Å². The summed E-state index contributed by atoms with van der Waals surface area (Å²) in [6, 6.07) is -3.93. The van der Waals surface area contributed by atoms with Crippen LogP contribution in [0.5, 0.6) is 0 Å². The van der Waals surface area contributed by atoms with Gasteiger partial charge in [0.15, 0.2) is 0 Å². The Kier molecular flexibility index (Phi) is 0.619. The van der Waals surface area contributed by atoms with E-state index in [1.807, 2.05) is 0 Å². The highest BCUT2D eigenvalue weighted by Gasteiger charge is 2.23. The van der Waals surface area contributed by atoms with Crippen molar-refractivity contribution in [3.63, 3.8) is 0 Å². The number of hydrogen-bond acceptors (Lipinski definition) is 1. The Hall–Kier alpha value is -1.12. The second kappa shape index (κ2) is 2.49. The average Bonchev–Trinajstić information content (AvgIpc) is 2.22. The van der Waals surface area contributed by atoms with Crippen molar-refractivity contribution in [2.45, 2.75) is 12.8 Å². The molecule has 3 heteroatoms. The van der Waals surface area contributed by atoms with E-state index in [4.69, 9.17) is 15.3 Å². The fraction of sp³-hybridized carbons (Fsp3) is 0.250. The zero-order valence-electron chi connectivity index (χ0n) is 12.3. The standard InChI is InChI=1S/C8H9F2N/c1-8(9,10)6-3-2-4-7(11)5-6/h2-5H,11H2,1H3/i1D3,2D,3D,4D,5D. The van der Waals surface area contributed by atoms with E-state index in [-0.39, 0.29) is 0 Å². The van der Waals surface area contributed by atoms with Crippen LogP contribution in [0.25, 0.3) is 0 Å². The molecule has 0 unspecified atom stereocenters. The summed E-state index contributed by atoms with van der Waals surface area (Å²) in [5.74, 6) is -4.47. The van der Waals surface area contributed by atoms with Crippen molar-refractivity contribution in [2.24, 2.45) is 0 Å². The van der Waals surface area contributed by atoms with Gasteiger partial charge in [0.2, 0.25) is 0 Å². The van der Waals surface area contributed by atoms with Gasteiger partial charge in [-0.25, -0.2) is 8.78 Å². The lowest BCUT2D eigenvalue weighted by Crippen LogP contribution is -2.06. The quantitative estimate of drug-likeness (QED) is 0.633. The third-order valence-corrected chi connectivity index (χ3v) is 0.958. The normalized spacial score (nSPS) is 21.8. The summed E-state index contributed by atoms with van der Waals surface area (Å²) in [4.78, 5) is 0. The molecule has 0 saturated carbocycles. The summed E-state index contributed by atoms with van der Waals surface area (Å²) < 4.78 is 76.7. The summed E-state index contributed by atoms with van der Waals surface area (Å²) >= 11 is 0. The van der Waals surface area contributed by atoms with E-state index >= 15 is 0 Å². The molecule has 0 radical (unpaired) electrons. The molecule has 0 heterocycles. The van der Waals surface area contributed by atoms with Crippen LogP contribution in [0.1, 0.15) is 22.0 Å². The van der Waals surface area contributed by atoms with Crippen LogP contribution in [0.2, 0.25) is 0 Å². The largest absolute Gasteiger partial charge is 0.399 e. The molecular weight excluding hydrogens is 148 g/mol. The van der Waals surface area contributed by atoms with Crippen LogP contribution in [0, 0.1) is 0 Å². The number of nitrogen functional groups attached to an aromatic ring is 1. The summed E-state index contributed by atoms with van der Waals surface area (Å²) in [5.41, 5.74) is 3.01. The Morgan fingerprint density at radius 2 is 2.36 bits per heavy atom. The third-order valence-electron chi connectivity index (χ3n) is 0.958. The molecule has 2 N–H and O–H groups in total. The van der Waals surface area contributed by atoms with Crippen molar-refractivity contribution in [1.82, 2.24) is 0 Å². The summed E-state index contributed by atoms with van der Waals surface area (Å²) in [6.07, 6.45) is 0. The number of rotatable bonds is 1. The first-order chi connectivity index (χ1) is 7.93. The van der Waals surface area contributed by atoms with Gasteiger partial charge in [-0.3, -0.25) is 0 Å². The number of anilines is 1. The molecule has 0 atom stereocenters. The predicted molar refractivity (Wildman–Crippen MR) is 40.4 cm³/mol. The molecule has 1 rings (SSSR count). The van der Waals surface area contributed by atoms with Gasteiger partial charge in [-0.15, -0.1) is 0 Å². The number of hydrogen-bond donors (Lipinski definition) is 1. The van der Waals surface area contributed by atoms with E-state index in [1.54, 1.807) is 0 Å². The molecule has 0 amide bonds. The molecule has 0 aliphatic rings. The second-order valence-electron chi connectivity index (χ2n) is 1.86. The van der Waals surface area contributed by atoms with E-state index in [0.29, 0.717) is 0 Å². The highest BCUT2D eigenvalue weighted by molar-refractivity contribution is 5.41. The molecule has 0 bridgehead atoms. The molecule has 0 spiro atoms. The Balaban J connectivity index is 3.72. The lowest BCUT2D eigenvalue weighted by atomic mass is 10.1. The van der Waals surface area contributed by atoms with Crippen LogP contribution >= 0.6 is 0 Å². The molecule has 60 valence electrons. The molecule has 0 aliphatic carbocycles. The molecule has 0 aromatic heterocycles. The Labute approximate surface area is 73.7 Å². The second-order valence-corrected chi connectivity index (χ2v) is 1.86. The Bertz CT molecular complexity index is 468. The van der Waals surface area contributed by atoms with Crippen LogP contribution in [0.15, 0.2) is 24.2 Å². The summed E-state index contributed by atoms with van der Waals surface area (Å²) in [6.45, 7) is -3.76. The lowest BCUT2D eigenvalue weighted by Gasteiger charge is -2.09. The maximum Gasteiger partial charge on any atom is 0.270 e. The number of alkyl halides is 2. The average molecular weight is 164 g/mol. The van der Waals surface area contributed by atoms with Crippen LogP contribution in [0.3, 0.4) is 0 Å². The van der Waals surface area contributed by atoms with Crippen molar-refractivity contribution >= 4 is 5.69 Å². The first-order valence-corrected chi connectivity index (χ1v) is 2.67. The van der Waals surface area contributed by atoms with Crippen LogP contribution < -0.4 is 5.73 Å².